The van der Waals surface area contributed by atoms with Crippen LogP contribution in [0.4, 0.5) is 0 Å². The predicted octanol–water partition coefficient (Wildman–Crippen LogP) is 2.12. The quantitative estimate of drug-likeness (QED) is 0.928. The van der Waals surface area contributed by atoms with Gasteiger partial charge in [-0.15, -0.1) is 0 Å². The van der Waals surface area contributed by atoms with Gasteiger partial charge < -0.3 is 9.84 Å². The van der Waals surface area contributed by atoms with E-state index in [4.69, 9.17) is 4.52 Å². The fourth-order valence-electron chi connectivity index (χ4n) is 2.53. The molecule has 5 heteroatoms. The smallest absolute Gasteiger partial charge is 0.274 e. The lowest BCUT2D eigenvalue weighted by Crippen LogP contribution is -2.25. The lowest BCUT2D eigenvalue weighted by molar-refractivity contribution is 0.0941. The van der Waals surface area contributed by atoms with Crippen molar-refractivity contribution in [3.05, 3.63) is 47.1 Å². The van der Waals surface area contributed by atoms with E-state index in [1.54, 1.807) is 12.4 Å². The van der Waals surface area contributed by atoms with Crippen LogP contribution in [0.15, 0.2) is 29.0 Å². The number of amides is 1. The number of aromatic nitrogens is 2. The number of carbonyl (C=O) groups excluding carboxylic acids is 1. The minimum Gasteiger partial charge on any atom is -0.360 e. The summed E-state index contributed by atoms with van der Waals surface area (Å²) in [5.74, 6) is 1.27. The number of hydrogen-bond donors (Lipinski definition) is 1. The van der Waals surface area contributed by atoms with Gasteiger partial charge in [-0.1, -0.05) is 18.1 Å². The van der Waals surface area contributed by atoms with E-state index in [2.05, 4.69) is 22.4 Å². The zero-order chi connectivity index (χ0) is 13.9. The summed E-state index contributed by atoms with van der Waals surface area (Å²) in [4.78, 5) is 16.2. The molecule has 0 radical (unpaired) electrons. The number of fused-ring (bicyclic) bond motifs is 1. The van der Waals surface area contributed by atoms with Gasteiger partial charge in [0.2, 0.25) is 0 Å². The van der Waals surface area contributed by atoms with Gasteiger partial charge in [0.15, 0.2) is 5.69 Å². The number of pyridine rings is 1. The van der Waals surface area contributed by atoms with Gasteiger partial charge in [0.25, 0.3) is 5.91 Å². The summed E-state index contributed by atoms with van der Waals surface area (Å²) in [7, 11) is 0. The summed E-state index contributed by atoms with van der Waals surface area (Å²) in [5, 5.41) is 6.81. The molecule has 0 fully saturated rings. The van der Waals surface area contributed by atoms with Crippen LogP contribution < -0.4 is 5.32 Å². The monoisotopic (exact) mass is 271 g/mol. The number of nitrogens with one attached hydrogen (secondary N) is 1. The van der Waals surface area contributed by atoms with Crippen molar-refractivity contribution in [2.45, 2.75) is 32.7 Å². The summed E-state index contributed by atoms with van der Waals surface area (Å²) in [5.41, 5.74) is 2.38. The molecule has 1 aliphatic rings. The summed E-state index contributed by atoms with van der Waals surface area (Å²) in [6.45, 7) is 2.64. The van der Waals surface area contributed by atoms with Crippen molar-refractivity contribution in [3.8, 4) is 0 Å². The molecular formula is C15H17N3O2. The summed E-state index contributed by atoms with van der Waals surface area (Å²) in [6, 6.07) is 3.77. The van der Waals surface area contributed by atoms with E-state index in [0.717, 1.165) is 36.1 Å². The third-order valence-electron chi connectivity index (χ3n) is 3.68. The molecule has 0 unspecified atom stereocenters. The molecular weight excluding hydrogens is 254 g/mol. The third kappa shape index (κ3) is 2.57. The van der Waals surface area contributed by atoms with Crippen molar-refractivity contribution in [1.82, 2.24) is 15.5 Å². The molecule has 2 aromatic rings. The van der Waals surface area contributed by atoms with Crippen LogP contribution in [0.2, 0.25) is 0 Å². The fraction of sp³-hybridized carbons (Fsp3) is 0.400. The Balaban J connectivity index is 1.70. The van der Waals surface area contributed by atoms with Gasteiger partial charge in [0.1, 0.15) is 5.76 Å². The van der Waals surface area contributed by atoms with E-state index in [1.165, 1.54) is 0 Å². The number of hydrogen-bond acceptors (Lipinski definition) is 4. The number of aryl methyl sites for hydroxylation is 1. The van der Waals surface area contributed by atoms with Crippen molar-refractivity contribution in [2.24, 2.45) is 5.92 Å². The first-order valence-corrected chi connectivity index (χ1v) is 6.88. The minimum atomic E-state index is -0.173. The Morgan fingerprint density at radius 1 is 1.55 bits per heavy atom. The first-order valence-electron chi connectivity index (χ1n) is 6.88. The highest BCUT2D eigenvalue weighted by Crippen LogP contribution is 2.27. The molecule has 0 aromatic carbocycles. The van der Waals surface area contributed by atoms with Crippen LogP contribution >= 0.6 is 0 Å². The zero-order valence-electron chi connectivity index (χ0n) is 11.4. The lowest BCUT2D eigenvalue weighted by atomic mass is 9.88. The molecule has 1 aliphatic carbocycles. The minimum absolute atomic E-state index is 0.173. The molecule has 5 nitrogen and oxygen atoms in total. The van der Waals surface area contributed by atoms with Gasteiger partial charge in [-0.3, -0.25) is 9.78 Å². The van der Waals surface area contributed by atoms with E-state index < -0.39 is 0 Å². The molecule has 0 saturated heterocycles. The van der Waals surface area contributed by atoms with Crippen LogP contribution in [0.5, 0.6) is 0 Å². The van der Waals surface area contributed by atoms with Crippen LogP contribution in [0.1, 0.15) is 40.7 Å². The van der Waals surface area contributed by atoms with E-state index in [-0.39, 0.29) is 5.91 Å². The highest BCUT2D eigenvalue weighted by atomic mass is 16.5. The second-order valence-electron chi connectivity index (χ2n) is 5.32. The van der Waals surface area contributed by atoms with Crippen LogP contribution in [-0.4, -0.2) is 16.0 Å². The SMILES string of the molecule is C[C@@H]1CCc2onc(C(=O)NCc3cccnc3)c2C1. The Morgan fingerprint density at radius 3 is 3.25 bits per heavy atom. The number of rotatable bonds is 3. The highest BCUT2D eigenvalue weighted by molar-refractivity contribution is 5.93. The van der Waals surface area contributed by atoms with Gasteiger partial charge in [-0.25, -0.2) is 0 Å². The van der Waals surface area contributed by atoms with Crippen LogP contribution in [0.3, 0.4) is 0 Å². The molecule has 3 rings (SSSR count). The second-order valence-corrected chi connectivity index (χ2v) is 5.32. The molecule has 0 bridgehead atoms. The molecule has 104 valence electrons. The molecule has 0 aliphatic heterocycles. The second kappa shape index (κ2) is 5.45. The number of carbonyl (C=O) groups is 1. The molecule has 1 N–H and O–H groups in total. The van der Waals surface area contributed by atoms with E-state index in [1.807, 2.05) is 12.1 Å². The van der Waals surface area contributed by atoms with Gasteiger partial charge in [-0.2, -0.15) is 0 Å². The van der Waals surface area contributed by atoms with Crippen molar-refractivity contribution in [3.63, 3.8) is 0 Å². The van der Waals surface area contributed by atoms with Crippen LogP contribution in [-0.2, 0) is 19.4 Å². The maximum absolute atomic E-state index is 12.2. The Morgan fingerprint density at radius 2 is 2.45 bits per heavy atom. The Kier molecular flexibility index (Phi) is 3.50. The van der Waals surface area contributed by atoms with Gasteiger partial charge >= 0.3 is 0 Å². The zero-order valence-corrected chi connectivity index (χ0v) is 11.4. The highest BCUT2D eigenvalue weighted by Gasteiger charge is 2.26. The van der Waals surface area contributed by atoms with E-state index in [9.17, 15) is 4.79 Å². The summed E-state index contributed by atoms with van der Waals surface area (Å²) >= 11 is 0. The van der Waals surface area contributed by atoms with Crippen molar-refractivity contribution in [1.29, 1.82) is 0 Å². The van der Waals surface area contributed by atoms with E-state index in [0.29, 0.717) is 18.2 Å². The normalized spacial score (nSPS) is 17.6. The Labute approximate surface area is 117 Å². The van der Waals surface area contributed by atoms with Crippen molar-refractivity contribution >= 4 is 5.91 Å². The summed E-state index contributed by atoms with van der Waals surface area (Å²) < 4.78 is 5.29. The molecule has 2 heterocycles. The molecule has 2 aromatic heterocycles. The maximum atomic E-state index is 12.2. The predicted molar refractivity (Wildman–Crippen MR) is 73.1 cm³/mol. The molecule has 1 atom stereocenters. The molecule has 20 heavy (non-hydrogen) atoms. The maximum Gasteiger partial charge on any atom is 0.274 e. The molecule has 0 saturated carbocycles. The Bertz CT molecular complexity index is 607. The standard InChI is InChI=1S/C15H17N3O2/c1-10-4-5-13-12(7-10)14(18-20-13)15(19)17-9-11-3-2-6-16-8-11/h2-3,6,8,10H,4-5,7,9H2,1H3,(H,17,19)/t10-/m1/s1. The fourth-order valence-corrected chi connectivity index (χ4v) is 2.53. The first-order chi connectivity index (χ1) is 9.74. The van der Waals surface area contributed by atoms with Gasteiger partial charge in [-0.05, 0) is 30.4 Å². The Hall–Kier alpha value is -2.17. The average molecular weight is 271 g/mol. The van der Waals surface area contributed by atoms with Crippen LogP contribution in [0, 0.1) is 5.92 Å². The van der Waals surface area contributed by atoms with Gasteiger partial charge in [0, 0.05) is 30.9 Å². The van der Waals surface area contributed by atoms with Crippen molar-refractivity contribution < 1.29 is 9.32 Å². The van der Waals surface area contributed by atoms with Crippen LogP contribution in [0.25, 0.3) is 0 Å². The third-order valence-corrected chi connectivity index (χ3v) is 3.68. The van der Waals surface area contributed by atoms with Crippen molar-refractivity contribution in [2.75, 3.05) is 0 Å². The van der Waals surface area contributed by atoms with E-state index >= 15 is 0 Å². The topological polar surface area (TPSA) is 68.0 Å². The molecule has 0 spiro atoms. The van der Waals surface area contributed by atoms with Gasteiger partial charge in [0.05, 0.1) is 0 Å². The summed E-state index contributed by atoms with van der Waals surface area (Å²) in [6.07, 6.45) is 6.29. The largest absolute Gasteiger partial charge is 0.360 e. The number of nitrogens with zero attached hydrogens (tertiary/aromatic N) is 2. The first kappa shape index (κ1) is 12.8. The molecule has 1 amide bonds. The lowest BCUT2D eigenvalue weighted by Gasteiger charge is -2.16. The average Bonchev–Trinajstić information content (AvgIpc) is 2.89.